The molecule has 3 aromatic rings. The van der Waals surface area contributed by atoms with E-state index in [0.29, 0.717) is 5.82 Å². The van der Waals surface area contributed by atoms with E-state index in [4.69, 9.17) is 4.84 Å². The van der Waals surface area contributed by atoms with Crippen molar-refractivity contribution in [2.75, 3.05) is 12.6 Å². The number of anilines is 1. The lowest BCUT2D eigenvalue weighted by atomic mass is 10.0. The van der Waals surface area contributed by atoms with Crippen molar-refractivity contribution in [1.82, 2.24) is 14.5 Å². The minimum Gasteiger partial charge on any atom is -0.278 e. The Balaban J connectivity index is 1.60. The van der Waals surface area contributed by atoms with Gasteiger partial charge in [0.15, 0.2) is 18.5 Å². The highest BCUT2D eigenvalue weighted by molar-refractivity contribution is 5.80. The third-order valence-electron chi connectivity index (χ3n) is 6.83. The van der Waals surface area contributed by atoms with E-state index in [-0.39, 0.29) is 0 Å². The van der Waals surface area contributed by atoms with E-state index < -0.39 is 0 Å². The van der Waals surface area contributed by atoms with Crippen molar-refractivity contribution in [2.24, 2.45) is 0 Å². The molecule has 0 saturated heterocycles. The molecular formula is C33H46N5O+. The van der Waals surface area contributed by atoms with Gasteiger partial charge in [-0.1, -0.05) is 81.9 Å². The Labute approximate surface area is 234 Å². The van der Waals surface area contributed by atoms with Gasteiger partial charge in [-0.25, -0.2) is 10.0 Å². The first-order chi connectivity index (χ1) is 18.9. The summed E-state index contributed by atoms with van der Waals surface area (Å²) in [7, 11) is 1.60. The molecule has 0 aliphatic heterocycles. The van der Waals surface area contributed by atoms with Crippen molar-refractivity contribution in [2.45, 2.75) is 86.2 Å². The average Bonchev–Trinajstić information content (AvgIpc) is 3.26. The maximum atomic E-state index is 5.20. The molecule has 2 heterocycles. The number of aromatic nitrogens is 4. The zero-order valence-corrected chi connectivity index (χ0v) is 24.7. The van der Waals surface area contributed by atoms with Crippen LogP contribution >= 0.6 is 0 Å². The second-order valence-corrected chi connectivity index (χ2v) is 10.6. The molecule has 3 rings (SSSR count). The maximum absolute atomic E-state index is 5.20. The van der Waals surface area contributed by atoms with E-state index >= 15 is 0 Å². The van der Waals surface area contributed by atoms with Gasteiger partial charge in [0, 0.05) is 0 Å². The fourth-order valence-electron chi connectivity index (χ4n) is 4.57. The molecule has 0 saturated carbocycles. The molecular weight excluding hydrogens is 482 g/mol. The monoisotopic (exact) mass is 528 g/mol. The summed E-state index contributed by atoms with van der Waals surface area (Å²) in [6.45, 7) is 12.5. The lowest BCUT2D eigenvalue weighted by Crippen LogP contribution is -2.33. The molecule has 0 amide bonds. The quantitative estimate of drug-likeness (QED) is 0.124. The van der Waals surface area contributed by atoms with Crippen LogP contribution in [0.1, 0.15) is 78.7 Å². The number of nitrogens with zero attached hydrogens (tertiary/aromatic N) is 4. The van der Waals surface area contributed by atoms with Crippen LogP contribution in [0.2, 0.25) is 0 Å². The molecule has 1 N–H and O–H groups in total. The van der Waals surface area contributed by atoms with E-state index in [1.54, 1.807) is 13.4 Å². The Morgan fingerprint density at radius 2 is 1.46 bits per heavy atom. The predicted octanol–water partition coefficient (Wildman–Crippen LogP) is 7.89. The van der Waals surface area contributed by atoms with Crippen LogP contribution < -0.4 is 10.0 Å². The van der Waals surface area contributed by atoms with Crippen LogP contribution in [-0.4, -0.2) is 21.6 Å². The first kappa shape index (κ1) is 30.0. The highest BCUT2D eigenvalue weighted by atomic mass is 16.6. The normalized spacial score (nSPS) is 12.7. The Bertz CT molecular complexity index is 1310. The van der Waals surface area contributed by atoms with Crippen molar-refractivity contribution in [1.29, 1.82) is 0 Å². The van der Waals surface area contributed by atoms with Crippen molar-refractivity contribution in [3.05, 3.63) is 95.1 Å². The Hall–Kier alpha value is -3.51. The van der Waals surface area contributed by atoms with Gasteiger partial charge in [-0.05, 0) is 78.7 Å². The van der Waals surface area contributed by atoms with Gasteiger partial charge in [-0.3, -0.25) is 9.40 Å². The summed E-state index contributed by atoms with van der Waals surface area (Å²) < 4.78 is 4.36. The van der Waals surface area contributed by atoms with Gasteiger partial charge in [0.1, 0.15) is 0 Å². The Kier molecular flexibility index (Phi) is 12.2. The summed E-state index contributed by atoms with van der Waals surface area (Å²) in [6.07, 6.45) is 19.8. The molecule has 2 aromatic heterocycles. The maximum Gasteiger partial charge on any atom is 0.307 e. The fraction of sp³-hybridized carbons (Fsp3) is 0.424. The number of allylic oxidation sites excluding steroid dienone is 8. The SMILES string of the molecule is CONc1ncnc2c1n(C/C=C(\C)CC/C=C(\C)CC/C=C(\C)CCC=C(C)C)c[n+]2Cc1ccccc1. The van der Waals surface area contributed by atoms with Crippen molar-refractivity contribution >= 4 is 17.0 Å². The highest BCUT2D eigenvalue weighted by Crippen LogP contribution is 2.19. The van der Waals surface area contributed by atoms with Gasteiger partial charge in [-0.2, -0.15) is 4.98 Å². The van der Waals surface area contributed by atoms with E-state index in [0.717, 1.165) is 62.8 Å². The molecule has 0 bridgehead atoms. The molecule has 0 radical (unpaired) electrons. The molecule has 0 aliphatic rings. The van der Waals surface area contributed by atoms with E-state index in [1.807, 2.05) is 6.07 Å². The summed E-state index contributed by atoms with van der Waals surface area (Å²) in [5.74, 6) is 0.667. The molecule has 0 atom stereocenters. The molecule has 0 spiro atoms. The number of imidazole rings is 1. The number of hydrogen-bond acceptors (Lipinski definition) is 4. The number of benzene rings is 1. The van der Waals surface area contributed by atoms with Crippen molar-refractivity contribution < 1.29 is 9.40 Å². The first-order valence-electron chi connectivity index (χ1n) is 14.0. The number of hydrogen-bond donors (Lipinski definition) is 1. The number of rotatable bonds is 15. The highest BCUT2D eigenvalue weighted by Gasteiger charge is 2.21. The lowest BCUT2D eigenvalue weighted by molar-refractivity contribution is -0.665. The molecule has 6 nitrogen and oxygen atoms in total. The summed E-state index contributed by atoms with van der Waals surface area (Å²) in [5, 5.41) is 0. The smallest absolute Gasteiger partial charge is 0.278 e. The Morgan fingerprint density at radius 3 is 2.08 bits per heavy atom. The van der Waals surface area contributed by atoms with E-state index in [9.17, 15) is 0 Å². The first-order valence-corrected chi connectivity index (χ1v) is 14.0. The Morgan fingerprint density at radius 1 is 0.846 bits per heavy atom. The minimum absolute atomic E-state index is 0.667. The van der Waals surface area contributed by atoms with Crippen LogP contribution in [0, 0.1) is 0 Å². The van der Waals surface area contributed by atoms with Crippen LogP contribution in [0.25, 0.3) is 11.2 Å². The zero-order valence-electron chi connectivity index (χ0n) is 24.7. The second-order valence-electron chi connectivity index (χ2n) is 10.6. The minimum atomic E-state index is 0.667. The fourth-order valence-corrected chi connectivity index (χ4v) is 4.57. The van der Waals surface area contributed by atoms with E-state index in [1.165, 1.54) is 27.9 Å². The number of fused-ring (bicyclic) bond motifs is 1. The van der Waals surface area contributed by atoms with Crippen LogP contribution in [0.15, 0.2) is 89.6 Å². The molecule has 208 valence electrons. The molecule has 0 fully saturated rings. The van der Waals surface area contributed by atoms with Crippen molar-refractivity contribution in [3.8, 4) is 0 Å². The summed E-state index contributed by atoms with van der Waals surface area (Å²) >= 11 is 0. The average molecular weight is 529 g/mol. The van der Waals surface area contributed by atoms with Gasteiger partial charge < -0.3 is 0 Å². The number of nitrogens with one attached hydrogen (secondary N) is 1. The lowest BCUT2D eigenvalue weighted by Gasteiger charge is -2.04. The van der Waals surface area contributed by atoms with Gasteiger partial charge in [0.05, 0.1) is 20.2 Å². The van der Waals surface area contributed by atoms with Gasteiger partial charge >= 0.3 is 5.65 Å². The molecule has 0 unspecified atom stereocenters. The van der Waals surface area contributed by atoms with Gasteiger partial charge in [-0.15, -0.1) is 0 Å². The predicted molar refractivity (Wildman–Crippen MR) is 162 cm³/mol. The topological polar surface area (TPSA) is 55.9 Å². The zero-order chi connectivity index (χ0) is 28.0. The standard InChI is InChI=1S/C33H46N5O/c1-26(2)13-10-14-27(3)15-11-16-28(4)17-12-18-29(5)21-22-37-25-38(23-30-19-8-7-9-20-30)33-31(37)32(36-39-6)34-24-35-33/h7-9,13,15,17,19-21,24-25H,10-12,14,16,18,22-23H2,1-6H3,(H,34,35,36)/q+1/b27-15+,28-17+,29-21+. The van der Waals surface area contributed by atoms with Crippen LogP contribution in [0.3, 0.4) is 0 Å². The van der Waals surface area contributed by atoms with Crippen molar-refractivity contribution in [3.63, 3.8) is 0 Å². The summed E-state index contributed by atoms with van der Waals surface area (Å²) in [5.41, 5.74) is 11.7. The van der Waals surface area contributed by atoms with Crippen LogP contribution in [-0.2, 0) is 17.9 Å². The summed E-state index contributed by atoms with van der Waals surface area (Å²) in [4.78, 5) is 14.2. The van der Waals surface area contributed by atoms with Gasteiger partial charge in [0.25, 0.3) is 0 Å². The third-order valence-corrected chi connectivity index (χ3v) is 6.83. The largest absolute Gasteiger partial charge is 0.307 e. The molecule has 1 aromatic carbocycles. The third kappa shape index (κ3) is 9.95. The molecule has 0 aliphatic carbocycles. The van der Waals surface area contributed by atoms with Crippen LogP contribution in [0.5, 0.6) is 0 Å². The van der Waals surface area contributed by atoms with Gasteiger partial charge in [0.2, 0.25) is 5.52 Å². The summed E-state index contributed by atoms with van der Waals surface area (Å²) in [6, 6.07) is 10.4. The van der Waals surface area contributed by atoms with Crippen LogP contribution in [0.4, 0.5) is 5.82 Å². The van der Waals surface area contributed by atoms with E-state index in [2.05, 4.69) is 114 Å². The molecule has 6 heteroatoms. The second kappa shape index (κ2) is 15.8. The molecule has 39 heavy (non-hydrogen) atoms.